The molecular weight excluding hydrogens is 609 g/mol. The predicted octanol–water partition coefficient (Wildman–Crippen LogP) is 12.5. The van der Waals surface area contributed by atoms with E-state index in [4.69, 9.17) is 0 Å². The van der Waals surface area contributed by atoms with E-state index in [2.05, 4.69) is 135 Å². The smallest absolute Gasteiger partial charge is 0.0991 e. The lowest BCUT2D eigenvalue weighted by Gasteiger charge is -2.30. The fourth-order valence-corrected chi connectivity index (χ4v) is 7.54. The highest BCUT2D eigenvalue weighted by atomic mass is 15.1. The van der Waals surface area contributed by atoms with Crippen molar-refractivity contribution >= 4 is 66.4 Å². The zero-order chi connectivity index (χ0) is 34.5. The highest BCUT2D eigenvalue weighted by Crippen LogP contribution is 2.47. The summed E-state index contributed by atoms with van der Waals surface area (Å²) >= 11 is 0. The second kappa shape index (κ2) is 12.1. The molecule has 0 fully saturated rings. The van der Waals surface area contributed by atoms with E-state index in [0.717, 1.165) is 44.9 Å². The fourth-order valence-electron chi connectivity index (χ4n) is 7.54. The normalized spacial score (nSPS) is 11.2. The van der Waals surface area contributed by atoms with Gasteiger partial charge in [-0.25, -0.2) is 0 Å². The summed E-state index contributed by atoms with van der Waals surface area (Å²) in [6.45, 7) is 8.53. The number of hydrogen-bond acceptors (Lipinski definition) is 4. The molecule has 4 nitrogen and oxygen atoms in total. The third-order valence-corrected chi connectivity index (χ3v) is 9.54. The molecule has 0 aliphatic heterocycles. The molecule has 8 aromatic carbocycles. The standard InChI is InChI=1S/C46H34N4/c1-29-21-30(2)24-39(23-29)49(37-13-5-33(27-47)6-14-37)43-19-11-35-10-18-42-44(20-12-36-9-17-41(43)45(35)46(36)42)50(38-15-7-34(28-48)8-16-38)40-25-31(3)22-32(4)26-40/h5-26H,1-4H3. The molecule has 0 unspecified atom stereocenters. The lowest BCUT2D eigenvalue weighted by molar-refractivity contribution is 1.26. The average molecular weight is 643 g/mol. The molecule has 0 atom stereocenters. The summed E-state index contributed by atoms with van der Waals surface area (Å²) in [6.07, 6.45) is 0. The highest BCUT2D eigenvalue weighted by Gasteiger charge is 2.22. The largest absolute Gasteiger partial charge is 0.310 e. The number of anilines is 6. The molecule has 0 aliphatic rings. The van der Waals surface area contributed by atoms with Crippen molar-refractivity contribution in [3.63, 3.8) is 0 Å². The van der Waals surface area contributed by atoms with Gasteiger partial charge in [0.1, 0.15) is 0 Å². The first kappa shape index (κ1) is 30.7. The molecule has 0 spiro atoms. The summed E-state index contributed by atoms with van der Waals surface area (Å²) in [5.41, 5.74) is 12.3. The Labute approximate surface area is 292 Å². The molecule has 50 heavy (non-hydrogen) atoms. The van der Waals surface area contributed by atoms with Crippen LogP contribution in [-0.4, -0.2) is 0 Å². The Bertz CT molecular complexity index is 2430. The number of benzene rings is 8. The van der Waals surface area contributed by atoms with Gasteiger partial charge in [0, 0.05) is 33.5 Å². The van der Waals surface area contributed by atoms with E-state index in [1.54, 1.807) is 0 Å². The topological polar surface area (TPSA) is 54.1 Å². The van der Waals surface area contributed by atoms with Crippen molar-refractivity contribution in [3.05, 3.63) is 167 Å². The SMILES string of the molecule is Cc1cc(C)cc(N(c2ccc(C#N)cc2)c2ccc3ccc4c(N(c5ccc(C#N)cc5)c5cc(C)cc(C)c5)ccc5ccc2c3c54)c1. The van der Waals surface area contributed by atoms with E-state index in [1.807, 2.05) is 48.5 Å². The molecule has 0 heterocycles. The van der Waals surface area contributed by atoms with Gasteiger partial charge in [-0.3, -0.25) is 0 Å². The molecule has 238 valence electrons. The highest BCUT2D eigenvalue weighted by molar-refractivity contribution is 6.28. The predicted molar refractivity (Wildman–Crippen MR) is 208 cm³/mol. The van der Waals surface area contributed by atoms with Crippen LogP contribution in [-0.2, 0) is 0 Å². The first-order valence-corrected chi connectivity index (χ1v) is 16.8. The van der Waals surface area contributed by atoms with Crippen molar-refractivity contribution in [2.45, 2.75) is 27.7 Å². The maximum atomic E-state index is 9.55. The molecule has 0 amide bonds. The molecule has 0 saturated heterocycles. The summed E-state index contributed by atoms with van der Waals surface area (Å²) in [4.78, 5) is 4.62. The van der Waals surface area contributed by atoms with Gasteiger partial charge < -0.3 is 9.80 Å². The quantitative estimate of drug-likeness (QED) is 0.169. The Balaban J connectivity index is 1.41. The van der Waals surface area contributed by atoms with Gasteiger partial charge in [0.25, 0.3) is 0 Å². The lowest BCUT2D eigenvalue weighted by atomic mass is 9.91. The number of nitriles is 2. The van der Waals surface area contributed by atoms with Crippen molar-refractivity contribution < 1.29 is 0 Å². The number of aryl methyl sites for hydroxylation is 4. The van der Waals surface area contributed by atoms with Gasteiger partial charge in [-0.05, 0) is 156 Å². The van der Waals surface area contributed by atoms with Crippen LogP contribution in [0.25, 0.3) is 32.3 Å². The van der Waals surface area contributed by atoms with Gasteiger partial charge in [-0.1, -0.05) is 48.5 Å². The summed E-state index contributed by atoms with van der Waals surface area (Å²) < 4.78 is 0. The Hall–Kier alpha value is -6.62. The van der Waals surface area contributed by atoms with E-state index in [1.165, 1.54) is 43.8 Å². The van der Waals surface area contributed by atoms with Crippen LogP contribution in [0, 0.1) is 50.4 Å². The van der Waals surface area contributed by atoms with Gasteiger partial charge in [-0.15, -0.1) is 0 Å². The molecule has 4 heteroatoms. The monoisotopic (exact) mass is 642 g/mol. The van der Waals surface area contributed by atoms with E-state index in [9.17, 15) is 10.5 Å². The first-order chi connectivity index (χ1) is 24.3. The van der Waals surface area contributed by atoms with Crippen molar-refractivity contribution in [2.75, 3.05) is 9.80 Å². The zero-order valence-electron chi connectivity index (χ0n) is 28.5. The molecule has 0 aliphatic carbocycles. The third-order valence-electron chi connectivity index (χ3n) is 9.54. The second-order valence-electron chi connectivity index (χ2n) is 13.3. The summed E-state index contributed by atoms with van der Waals surface area (Å²) in [5.74, 6) is 0. The fraction of sp³-hybridized carbons (Fsp3) is 0.0870. The van der Waals surface area contributed by atoms with Gasteiger partial charge in [0.15, 0.2) is 0 Å². The van der Waals surface area contributed by atoms with Crippen LogP contribution in [0.3, 0.4) is 0 Å². The molecular formula is C46H34N4. The maximum absolute atomic E-state index is 9.55. The Morgan fingerprint density at radius 1 is 0.380 bits per heavy atom. The molecule has 8 rings (SSSR count). The van der Waals surface area contributed by atoms with Gasteiger partial charge in [-0.2, -0.15) is 10.5 Å². The second-order valence-corrected chi connectivity index (χ2v) is 13.3. The van der Waals surface area contributed by atoms with Crippen LogP contribution in [0.15, 0.2) is 133 Å². The molecule has 0 bridgehead atoms. The lowest BCUT2D eigenvalue weighted by Crippen LogP contribution is -2.12. The minimum atomic E-state index is 0.632. The van der Waals surface area contributed by atoms with Crippen molar-refractivity contribution in [1.29, 1.82) is 10.5 Å². The van der Waals surface area contributed by atoms with Gasteiger partial charge in [0.05, 0.1) is 34.6 Å². The number of nitrogens with zero attached hydrogens (tertiary/aromatic N) is 4. The Morgan fingerprint density at radius 2 is 0.720 bits per heavy atom. The van der Waals surface area contributed by atoms with Gasteiger partial charge >= 0.3 is 0 Å². The molecule has 0 radical (unpaired) electrons. The maximum Gasteiger partial charge on any atom is 0.0991 e. The van der Waals surface area contributed by atoms with Crippen LogP contribution in [0.4, 0.5) is 34.1 Å². The van der Waals surface area contributed by atoms with Crippen molar-refractivity contribution in [1.82, 2.24) is 0 Å². The van der Waals surface area contributed by atoms with Crippen molar-refractivity contribution in [2.24, 2.45) is 0 Å². The van der Waals surface area contributed by atoms with Crippen molar-refractivity contribution in [3.8, 4) is 12.1 Å². The molecule has 8 aromatic rings. The minimum absolute atomic E-state index is 0.632. The zero-order valence-corrected chi connectivity index (χ0v) is 28.5. The van der Waals surface area contributed by atoms with Gasteiger partial charge in [0.2, 0.25) is 0 Å². The number of hydrogen-bond donors (Lipinski definition) is 0. The van der Waals surface area contributed by atoms with E-state index in [0.29, 0.717) is 11.1 Å². The van der Waals surface area contributed by atoms with E-state index >= 15 is 0 Å². The van der Waals surface area contributed by atoms with Crippen LogP contribution in [0.2, 0.25) is 0 Å². The van der Waals surface area contributed by atoms with Crippen LogP contribution >= 0.6 is 0 Å². The summed E-state index contributed by atoms with van der Waals surface area (Å²) in [6, 6.07) is 51.4. The average Bonchev–Trinajstić information content (AvgIpc) is 3.11. The number of rotatable bonds is 6. The third kappa shape index (κ3) is 5.25. The first-order valence-electron chi connectivity index (χ1n) is 16.8. The molecule has 0 saturated carbocycles. The summed E-state index contributed by atoms with van der Waals surface area (Å²) in [5, 5.41) is 26.2. The molecule has 0 N–H and O–H groups in total. The Kier molecular flexibility index (Phi) is 7.44. The van der Waals surface area contributed by atoms with E-state index in [-0.39, 0.29) is 0 Å². The van der Waals surface area contributed by atoms with Crippen LogP contribution in [0.5, 0.6) is 0 Å². The van der Waals surface area contributed by atoms with E-state index < -0.39 is 0 Å². The minimum Gasteiger partial charge on any atom is -0.310 e. The van der Waals surface area contributed by atoms with Crippen LogP contribution in [0.1, 0.15) is 33.4 Å². The Morgan fingerprint density at radius 3 is 1.06 bits per heavy atom. The summed E-state index contributed by atoms with van der Waals surface area (Å²) in [7, 11) is 0. The van der Waals surface area contributed by atoms with Crippen LogP contribution < -0.4 is 9.80 Å². The molecule has 0 aromatic heterocycles.